The second-order valence-corrected chi connectivity index (χ2v) is 3.77. The maximum atomic E-state index is 10.9. The highest BCUT2D eigenvalue weighted by Crippen LogP contribution is 1.94. The molecule has 0 rings (SSSR count). The zero-order chi connectivity index (χ0) is 13.6. The van der Waals surface area contributed by atoms with Gasteiger partial charge in [-0.15, -0.1) is 0 Å². The van der Waals surface area contributed by atoms with Crippen LogP contribution in [0.1, 0.15) is 25.7 Å². The average molecular weight is 254 g/mol. The molecule has 0 aromatic carbocycles. The molecule has 0 N–H and O–H groups in total. The van der Waals surface area contributed by atoms with Crippen LogP contribution in [0.4, 0.5) is 0 Å². The van der Waals surface area contributed by atoms with E-state index in [2.05, 4.69) is 13.2 Å². The summed E-state index contributed by atoms with van der Waals surface area (Å²) < 4.78 is 10.6. The first kappa shape index (κ1) is 16.7. The molecule has 0 aliphatic carbocycles. The first-order valence-electron chi connectivity index (χ1n) is 6.16. The van der Waals surface area contributed by atoms with Crippen molar-refractivity contribution in [3.8, 4) is 0 Å². The number of carbonyl (C=O) groups is 2. The van der Waals surface area contributed by atoms with Gasteiger partial charge in [-0.2, -0.15) is 0 Å². The Labute approximate surface area is 109 Å². The van der Waals surface area contributed by atoms with E-state index < -0.39 is 0 Å². The van der Waals surface area contributed by atoms with Crippen LogP contribution in [-0.2, 0) is 19.1 Å². The predicted molar refractivity (Wildman–Crippen MR) is 70.5 cm³/mol. The summed E-state index contributed by atoms with van der Waals surface area (Å²) >= 11 is 0. The summed E-state index contributed by atoms with van der Waals surface area (Å²) in [7, 11) is 0. The molecular formula is C14H22O4. The fourth-order valence-electron chi connectivity index (χ4n) is 1.22. The quantitative estimate of drug-likeness (QED) is 0.373. The average Bonchev–Trinajstić information content (AvgIpc) is 2.40. The van der Waals surface area contributed by atoms with Crippen molar-refractivity contribution in [2.24, 2.45) is 0 Å². The largest absolute Gasteiger partial charge is 0.379 e. The molecule has 0 amide bonds. The fourth-order valence-corrected chi connectivity index (χ4v) is 1.22. The van der Waals surface area contributed by atoms with E-state index in [1.807, 2.05) is 0 Å². The molecule has 0 aliphatic rings. The highest BCUT2D eigenvalue weighted by atomic mass is 16.5. The molecule has 0 atom stereocenters. The van der Waals surface area contributed by atoms with Crippen LogP contribution in [0.5, 0.6) is 0 Å². The third kappa shape index (κ3) is 11.2. The maximum absolute atomic E-state index is 10.9. The van der Waals surface area contributed by atoms with Crippen LogP contribution in [-0.4, -0.2) is 38.0 Å². The minimum absolute atomic E-state index is 0.0433. The smallest absolute Gasteiger partial charge is 0.155 e. The molecular weight excluding hydrogens is 232 g/mol. The lowest BCUT2D eigenvalue weighted by atomic mass is 10.2. The zero-order valence-corrected chi connectivity index (χ0v) is 10.9. The molecule has 0 aromatic rings. The van der Waals surface area contributed by atoms with Crippen LogP contribution in [0.25, 0.3) is 0 Å². The van der Waals surface area contributed by atoms with Gasteiger partial charge in [-0.1, -0.05) is 13.2 Å². The van der Waals surface area contributed by atoms with Crippen molar-refractivity contribution in [2.75, 3.05) is 26.4 Å². The minimum atomic E-state index is 0.0433. The lowest BCUT2D eigenvalue weighted by molar-refractivity contribution is -0.115. The van der Waals surface area contributed by atoms with E-state index in [1.165, 1.54) is 12.2 Å². The SMILES string of the molecule is C=CC(=O)CCCOCCOCCCC(=O)C=C. The Kier molecular flexibility index (Phi) is 11.3. The van der Waals surface area contributed by atoms with E-state index in [4.69, 9.17) is 9.47 Å². The van der Waals surface area contributed by atoms with E-state index >= 15 is 0 Å². The molecule has 0 fully saturated rings. The van der Waals surface area contributed by atoms with Crippen molar-refractivity contribution in [1.29, 1.82) is 0 Å². The molecule has 4 nitrogen and oxygen atoms in total. The zero-order valence-electron chi connectivity index (χ0n) is 10.9. The third-order valence-electron chi connectivity index (χ3n) is 2.25. The molecule has 0 unspecified atom stereocenters. The van der Waals surface area contributed by atoms with Crippen LogP contribution in [0.2, 0.25) is 0 Å². The molecule has 0 saturated carbocycles. The maximum Gasteiger partial charge on any atom is 0.155 e. The second kappa shape index (κ2) is 12.2. The minimum Gasteiger partial charge on any atom is -0.379 e. The molecule has 0 heterocycles. The van der Waals surface area contributed by atoms with E-state index in [1.54, 1.807) is 0 Å². The van der Waals surface area contributed by atoms with Gasteiger partial charge in [0.15, 0.2) is 11.6 Å². The summed E-state index contributed by atoms with van der Waals surface area (Å²) in [4.78, 5) is 21.7. The van der Waals surface area contributed by atoms with Gasteiger partial charge in [0.25, 0.3) is 0 Å². The topological polar surface area (TPSA) is 52.6 Å². The fraction of sp³-hybridized carbons (Fsp3) is 0.571. The number of ketones is 2. The number of ether oxygens (including phenoxy) is 2. The number of rotatable bonds is 13. The molecule has 0 aliphatic heterocycles. The number of carbonyl (C=O) groups excluding carboxylic acids is 2. The highest BCUT2D eigenvalue weighted by molar-refractivity contribution is 5.89. The van der Waals surface area contributed by atoms with E-state index in [0.29, 0.717) is 52.1 Å². The monoisotopic (exact) mass is 254 g/mol. The van der Waals surface area contributed by atoms with Gasteiger partial charge in [0.2, 0.25) is 0 Å². The molecule has 0 spiro atoms. The first-order chi connectivity index (χ1) is 8.70. The summed E-state index contributed by atoms with van der Waals surface area (Å²) in [5.41, 5.74) is 0. The van der Waals surface area contributed by atoms with Gasteiger partial charge in [0.05, 0.1) is 13.2 Å². The summed E-state index contributed by atoms with van der Waals surface area (Å²) in [6.07, 6.45) is 5.03. The number of allylic oxidation sites excluding steroid dienone is 2. The molecule has 102 valence electrons. The standard InChI is InChI=1S/C14H22O4/c1-3-13(15)7-5-9-17-11-12-18-10-6-8-14(16)4-2/h3-4H,1-2,5-12H2. The first-order valence-corrected chi connectivity index (χ1v) is 6.16. The lowest BCUT2D eigenvalue weighted by Gasteiger charge is -2.04. The Morgan fingerprint density at radius 3 is 1.50 bits per heavy atom. The summed E-state index contributed by atoms with van der Waals surface area (Å²) in [6.45, 7) is 8.92. The Bertz CT molecular complexity index is 243. The van der Waals surface area contributed by atoms with Gasteiger partial charge in [0.1, 0.15) is 0 Å². The van der Waals surface area contributed by atoms with Gasteiger partial charge < -0.3 is 9.47 Å². The van der Waals surface area contributed by atoms with Gasteiger partial charge in [-0.25, -0.2) is 0 Å². The molecule has 0 bridgehead atoms. The Hall–Kier alpha value is -1.26. The van der Waals surface area contributed by atoms with Gasteiger partial charge >= 0.3 is 0 Å². The van der Waals surface area contributed by atoms with Crippen molar-refractivity contribution in [2.45, 2.75) is 25.7 Å². The van der Waals surface area contributed by atoms with Crippen LogP contribution >= 0.6 is 0 Å². The molecule has 4 heteroatoms. The van der Waals surface area contributed by atoms with Crippen molar-refractivity contribution in [3.63, 3.8) is 0 Å². The highest BCUT2D eigenvalue weighted by Gasteiger charge is 1.97. The van der Waals surface area contributed by atoms with Gasteiger partial charge in [0, 0.05) is 26.1 Å². The Balaban J connectivity index is 3.12. The van der Waals surface area contributed by atoms with Crippen LogP contribution in [0, 0.1) is 0 Å². The van der Waals surface area contributed by atoms with Crippen molar-refractivity contribution >= 4 is 11.6 Å². The summed E-state index contributed by atoms with van der Waals surface area (Å²) in [5.74, 6) is 0.0865. The van der Waals surface area contributed by atoms with Gasteiger partial charge in [-0.3, -0.25) is 9.59 Å². The molecule has 0 radical (unpaired) electrons. The number of hydrogen-bond acceptors (Lipinski definition) is 4. The van der Waals surface area contributed by atoms with Crippen molar-refractivity contribution in [3.05, 3.63) is 25.3 Å². The Morgan fingerprint density at radius 1 is 0.778 bits per heavy atom. The van der Waals surface area contributed by atoms with Crippen molar-refractivity contribution in [1.82, 2.24) is 0 Å². The molecule has 18 heavy (non-hydrogen) atoms. The summed E-state index contributed by atoms with van der Waals surface area (Å²) in [5, 5.41) is 0. The summed E-state index contributed by atoms with van der Waals surface area (Å²) in [6, 6.07) is 0. The second-order valence-electron chi connectivity index (χ2n) is 3.77. The van der Waals surface area contributed by atoms with Gasteiger partial charge in [-0.05, 0) is 25.0 Å². The van der Waals surface area contributed by atoms with E-state index in [-0.39, 0.29) is 11.6 Å². The van der Waals surface area contributed by atoms with E-state index in [0.717, 1.165) is 0 Å². The normalized spacial score (nSPS) is 10.0. The predicted octanol–water partition coefficient (Wildman–Crippen LogP) is 2.09. The van der Waals surface area contributed by atoms with E-state index in [9.17, 15) is 9.59 Å². The van der Waals surface area contributed by atoms with Crippen LogP contribution in [0.15, 0.2) is 25.3 Å². The van der Waals surface area contributed by atoms with Crippen molar-refractivity contribution < 1.29 is 19.1 Å². The van der Waals surface area contributed by atoms with Crippen LogP contribution < -0.4 is 0 Å². The third-order valence-corrected chi connectivity index (χ3v) is 2.25. The molecule has 0 aromatic heterocycles. The number of hydrogen-bond donors (Lipinski definition) is 0. The van der Waals surface area contributed by atoms with Crippen LogP contribution in [0.3, 0.4) is 0 Å². The molecule has 0 saturated heterocycles. The lowest BCUT2D eigenvalue weighted by Crippen LogP contribution is -2.07. The Morgan fingerprint density at radius 2 is 1.17 bits per heavy atom.